The lowest BCUT2D eigenvalue weighted by Gasteiger charge is -2.14. The maximum Gasteiger partial charge on any atom is 0.316 e. The van der Waals surface area contributed by atoms with E-state index in [1.54, 1.807) is 0 Å². The summed E-state index contributed by atoms with van der Waals surface area (Å²) >= 11 is 6.04. The molecule has 1 unspecified atom stereocenters. The second-order valence-corrected chi connectivity index (χ2v) is 5.08. The van der Waals surface area contributed by atoms with Gasteiger partial charge in [0.1, 0.15) is 5.92 Å². The maximum absolute atomic E-state index is 11.6. The molecule has 0 fully saturated rings. The second kappa shape index (κ2) is 6.54. The van der Waals surface area contributed by atoms with Gasteiger partial charge in [-0.25, -0.2) is 4.98 Å². The third kappa shape index (κ3) is 3.70. The molecule has 0 aliphatic heterocycles. The molecule has 0 bridgehead atoms. The van der Waals surface area contributed by atoms with E-state index in [1.165, 1.54) is 13.3 Å². The number of aliphatic carboxylic acids is 1. The van der Waals surface area contributed by atoms with Crippen molar-refractivity contribution in [3.05, 3.63) is 52.3 Å². The molecule has 0 saturated carbocycles. The number of ether oxygens (including phenoxy) is 1. The van der Waals surface area contributed by atoms with Gasteiger partial charge in [0.15, 0.2) is 0 Å². The maximum atomic E-state index is 11.6. The number of rotatable bonds is 5. The summed E-state index contributed by atoms with van der Waals surface area (Å²) in [5.74, 6) is -1.84. The Hall–Kier alpha value is -2.14. The summed E-state index contributed by atoms with van der Waals surface area (Å²) < 4.78 is 4.93. The molecule has 0 saturated heterocycles. The van der Waals surface area contributed by atoms with Gasteiger partial charge in [-0.2, -0.15) is 4.98 Å². The van der Waals surface area contributed by atoms with Crippen LogP contribution in [0.4, 0.5) is 0 Å². The molecule has 1 heterocycles. The monoisotopic (exact) mass is 306 g/mol. The highest BCUT2D eigenvalue weighted by atomic mass is 35.5. The van der Waals surface area contributed by atoms with E-state index < -0.39 is 11.9 Å². The Bertz CT molecular complexity index is 644. The Morgan fingerprint density at radius 1 is 1.38 bits per heavy atom. The minimum absolute atomic E-state index is 0.101. The number of benzene rings is 1. The predicted octanol–water partition coefficient (Wildman–Crippen LogP) is 2.86. The summed E-state index contributed by atoms with van der Waals surface area (Å²) in [4.78, 5) is 19.5. The van der Waals surface area contributed by atoms with Crippen molar-refractivity contribution in [3.8, 4) is 6.01 Å². The highest BCUT2D eigenvalue weighted by Crippen LogP contribution is 2.27. The molecule has 0 aliphatic carbocycles. The van der Waals surface area contributed by atoms with Gasteiger partial charge in [0, 0.05) is 0 Å². The fourth-order valence-electron chi connectivity index (χ4n) is 1.97. The standard InChI is InChI=1S/C15H15ClN2O3/c1-9-3-5-10(6-4-9)7-11(14(19)20)13-12(16)8-17-15(18-13)21-2/h3-6,8,11H,7H2,1-2H3,(H,19,20). The van der Waals surface area contributed by atoms with E-state index in [0.29, 0.717) is 6.42 Å². The predicted molar refractivity (Wildman–Crippen MR) is 78.9 cm³/mol. The number of methoxy groups -OCH3 is 1. The number of aryl methyl sites for hydroxylation is 1. The lowest BCUT2D eigenvalue weighted by Crippen LogP contribution is -2.17. The van der Waals surface area contributed by atoms with Gasteiger partial charge < -0.3 is 9.84 Å². The average Bonchev–Trinajstić information content (AvgIpc) is 2.47. The van der Waals surface area contributed by atoms with E-state index in [0.717, 1.165) is 11.1 Å². The number of carbonyl (C=O) groups is 1. The summed E-state index contributed by atoms with van der Waals surface area (Å²) in [5, 5.41) is 9.69. The molecule has 1 atom stereocenters. The molecular weight excluding hydrogens is 292 g/mol. The van der Waals surface area contributed by atoms with Crippen molar-refractivity contribution in [2.45, 2.75) is 19.3 Å². The van der Waals surface area contributed by atoms with Gasteiger partial charge in [0.05, 0.1) is 24.0 Å². The Labute approximate surface area is 127 Å². The van der Waals surface area contributed by atoms with Crippen LogP contribution in [0.25, 0.3) is 0 Å². The van der Waals surface area contributed by atoms with Crippen LogP contribution in [0, 0.1) is 6.92 Å². The summed E-state index contributed by atoms with van der Waals surface area (Å²) in [7, 11) is 1.42. The van der Waals surface area contributed by atoms with Crippen LogP contribution in [-0.4, -0.2) is 28.2 Å². The zero-order valence-corrected chi connectivity index (χ0v) is 12.5. The molecule has 0 amide bonds. The summed E-state index contributed by atoms with van der Waals surface area (Å²) in [5.41, 5.74) is 2.28. The van der Waals surface area contributed by atoms with E-state index in [2.05, 4.69) is 9.97 Å². The fraction of sp³-hybridized carbons (Fsp3) is 0.267. The molecule has 1 N–H and O–H groups in total. The normalized spacial score (nSPS) is 12.0. The largest absolute Gasteiger partial charge is 0.481 e. The summed E-state index contributed by atoms with van der Waals surface area (Å²) in [6, 6.07) is 7.78. The first-order valence-corrected chi connectivity index (χ1v) is 6.74. The van der Waals surface area contributed by atoms with Crippen LogP contribution in [0.15, 0.2) is 30.5 Å². The minimum atomic E-state index is -0.988. The van der Waals surface area contributed by atoms with Gasteiger partial charge in [-0.15, -0.1) is 0 Å². The molecular formula is C15H15ClN2O3. The Morgan fingerprint density at radius 3 is 2.62 bits per heavy atom. The van der Waals surface area contributed by atoms with Crippen LogP contribution in [0.3, 0.4) is 0 Å². The number of nitrogens with zero attached hydrogens (tertiary/aromatic N) is 2. The first-order chi connectivity index (χ1) is 10.0. The fourth-order valence-corrected chi connectivity index (χ4v) is 2.19. The molecule has 5 nitrogen and oxygen atoms in total. The SMILES string of the molecule is COc1ncc(Cl)c(C(Cc2ccc(C)cc2)C(=O)O)n1. The van der Waals surface area contributed by atoms with E-state index in [4.69, 9.17) is 16.3 Å². The van der Waals surface area contributed by atoms with Crippen molar-refractivity contribution in [1.29, 1.82) is 0 Å². The number of carboxylic acid groups (broad SMARTS) is 1. The zero-order chi connectivity index (χ0) is 15.4. The first-order valence-electron chi connectivity index (χ1n) is 6.36. The molecule has 2 rings (SSSR count). The Morgan fingerprint density at radius 2 is 2.05 bits per heavy atom. The molecule has 1 aromatic carbocycles. The molecule has 0 aliphatic rings. The number of carboxylic acids is 1. The van der Waals surface area contributed by atoms with Gasteiger partial charge in [-0.1, -0.05) is 41.4 Å². The van der Waals surface area contributed by atoms with Crippen LogP contribution in [0.1, 0.15) is 22.7 Å². The van der Waals surface area contributed by atoms with Gasteiger partial charge in [0.2, 0.25) is 0 Å². The number of halogens is 1. The first kappa shape index (κ1) is 15.3. The highest BCUT2D eigenvalue weighted by molar-refractivity contribution is 6.31. The molecule has 1 aromatic heterocycles. The van der Waals surface area contributed by atoms with Gasteiger partial charge in [0.25, 0.3) is 0 Å². The van der Waals surface area contributed by atoms with Crippen molar-refractivity contribution in [2.75, 3.05) is 7.11 Å². The van der Waals surface area contributed by atoms with Crippen LogP contribution in [0.5, 0.6) is 6.01 Å². The highest BCUT2D eigenvalue weighted by Gasteiger charge is 2.25. The Kier molecular flexibility index (Phi) is 4.75. The van der Waals surface area contributed by atoms with E-state index in [9.17, 15) is 9.90 Å². The number of aromatic nitrogens is 2. The van der Waals surface area contributed by atoms with E-state index in [1.807, 2.05) is 31.2 Å². The molecule has 0 spiro atoms. The topological polar surface area (TPSA) is 72.3 Å². The number of hydrogen-bond donors (Lipinski definition) is 1. The summed E-state index contributed by atoms with van der Waals surface area (Å²) in [6.45, 7) is 1.98. The lowest BCUT2D eigenvalue weighted by atomic mass is 9.95. The number of hydrogen-bond acceptors (Lipinski definition) is 4. The van der Waals surface area contributed by atoms with E-state index in [-0.39, 0.29) is 16.7 Å². The molecule has 2 aromatic rings. The molecule has 110 valence electrons. The smallest absolute Gasteiger partial charge is 0.316 e. The van der Waals surface area contributed by atoms with Gasteiger partial charge in [-0.05, 0) is 18.9 Å². The quantitative estimate of drug-likeness (QED) is 0.919. The van der Waals surface area contributed by atoms with Crippen molar-refractivity contribution in [2.24, 2.45) is 0 Å². The molecule has 0 radical (unpaired) electrons. The zero-order valence-electron chi connectivity index (χ0n) is 11.7. The van der Waals surface area contributed by atoms with Crippen molar-refractivity contribution < 1.29 is 14.6 Å². The van der Waals surface area contributed by atoms with E-state index >= 15 is 0 Å². The van der Waals surface area contributed by atoms with Crippen LogP contribution < -0.4 is 4.74 Å². The van der Waals surface area contributed by atoms with Crippen LogP contribution in [0.2, 0.25) is 5.02 Å². The van der Waals surface area contributed by atoms with Gasteiger partial charge >= 0.3 is 12.0 Å². The third-order valence-electron chi connectivity index (χ3n) is 3.12. The van der Waals surface area contributed by atoms with Crippen molar-refractivity contribution in [3.63, 3.8) is 0 Å². The van der Waals surface area contributed by atoms with Crippen molar-refractivity contribution in [1.82, 2.24) is 9.97 Å². The summed E-state index contributed by atoms with van der Waals surface area (Å²) in [6.07, 6.45) is 1.66. The van der Waals surface area contributed by atoms with Crippen LogP contribution in [-0.2, 0) is 11.2 Å². The minimum Gasteiger partial charge on any atom is -0.481 e. The Balaban J connectivity index is 2.35. The van der Waals surface area contributed by atoms with Gasteiger partial charge in [-0.3, -0.25) is 4.79 Å². The van der Waals surface area contributed by atoms with Crippen molar-refractivity contribution >= 4 is 17.6 Å². The third-order valence-corrected chi connectivity index (χ3v) is 3.41. The molecule has 6 heteroatoms. The lowest BCUT2D eigenvalue weighted by molar-refractivity contribution is -0.138. The second-order valence-electron chi connectivity index (χ2n) is 4.67. The van der Waals surface area contributed by atoms with Crippen LogP contribution >= 0.6 is 11.6 Å². The molecule has 21 heavy (non-hydrogen) atoms. The average molecular weight is 307 g/mol.